The molecule has 0 bridgehead atoms. The molecule has 1 aromatic rings. The molecule has 1 N–H and O–H groups in total. The highest BCUT2D eigenvalue weighted by atomic mass is 16.4. The first-order chi connectivity index (χ1) is 8.59. The van der Waals surface area contributed by atoms with Gasteiger partial charge in [0.1, 0.15) is 5.82 Å². The van der Waals surface area contributed by atoms with Crippen molar-refractivity contribution < 1.29 is 9.90 Å². The van der Waals surface area contributed by atoms with Gasteiger partial charge in [-0.1, -0.05) is 32.1 Å². The average molecular weight is 250 g/mol. The van der Waals surface area contributed by atoms with Crippen LogP contribution < -0.4 is 0 Å². The third-order valence-electron chi connectivity index (χ3n) is 4.15. The molecule has 1 aromatic heterocycles. The van der Waals surface area contributed by atoms with Crippen molar-refractivity contribution in [2.24, 2.45) is 13.0 Å². The highest BCUT2D eigenvalue weighted by molar-refractivity contribution is 5.86. The van der Waals surface area contributed by atoms with Crippen molar-refractivity contribution in [1.29, 1.82) is 0 Å². The van der Waals surface area contributed by atoms with Crippen LogP contribution in [0.3, 0.4) is 0 Å². The quantitative estimate of drug-likeness (QED) is 0.893. The van der Waals surface area contributed by atoms with Gasteiger partial charge in [-0.2, -0.15) is 0 Å². The van der Waals surface area contributed by atoms with E-state index in [1.807, 2.05) is 18.5 Å². The molecule has 0 atom stereocenters. The number of imidazole rings is 1. The van der Waals surface area contributed by atoms with Gasteiger partial charge in [-0.25, -0.2) is 9.78 Å². The Balaban J connectivity index is 2.05. The molecule has 0 unspecified atom stereocenters. The van der Waals surface area contributed by atoms with Gasteiger partial charge in [0.2, 0.25) is 0 Å². The zero-order valence-electron chi connectivity index (χ0n) is 11.3. The number of carboxylic acid groups (broad SMARTS) is 1. The largest absolute Gasteiger partial charge is 0.476 e. The van der Waals surface area contributed by atoms with Gasteiger partial charge < -0.3 is 9.67 Å². The van der Waals surface area contributed by atoms with E-state index in [-0.39, 0.29) is 5.69 Å². The van der Waals surface area contributed by atoms with Crippen molar-refractivity contribution in [3.05, 3.63) is 17.2 Å². The van der Waals surface area contributed by atoms with Crippen LogP contribution in [0.1, 0.15) is 60.5 Å². The first-order valence-electron chi connectivity index (χ1n) is 6.85. The highest BCUT2D eigenvalue weighted by Gasteiger charge is 2.20. The van der Waals surface area contributed by atoms with E-state index in [1.54, 1.807) is 0 Å². The Morgan fingerprint density at radius 2 is 2.06 bits per heavy atom. The summed E-state index contributed by atoms with van der Waals surface area (Å²) in [6, 6.07) is 0. The van der Waals surface area contributed by atoms with Crippen LogP contribution in [0, 0.1) is 12.8 Å². The number of carbonyl (C=O) groups is 1. The van der Waals surface area contributed by atoms with Crippen LogP contribution in [-0.2, 0) is 13.5 Å². The molecule has 0 aliphatic heterocycles. The summed E-state index contributed by atoms with van der Waals surface area (Å²) < 4.78 is 1.92. The first kappa shape index (κ1) is 13.1. The maximum absolute atomic E-state index is 11.2. The van der Waals surface area contributed by atoms with Gasteiger partial charge in [-0.05, 0) is 25.7 Å². The zero-order chi connectivity index (χ0) is 13.1. The fraction of sp³-hybridized carbons (Fsp3) is 0.714. The number of carboxylic acids is 1. The summed E-state index contributed by atoms with van der Waals surface area (Å²) in [6.07, 6.45) is 8.57. The van der Waals surface area contributed by atoms with E-state index in [9.17, 15) is 4.79 Å². The first-order valence-corrected chi connectivity index (χ1v) is 6.85. The SMILES string of the molecule is Cc1nc(C(=O)O)c(CCC2CCCCC2)n1C. The predicted molar refractivity (Wildman–Crippen MR) is 69.8 cm³/mol. The number of aromatic carboxylic acids is 1. The van der Waals surface area contributed by atoms with Crippen LogP contribution in [0.15, 0.2) is 0 Å². The van der Waals surface area contributed by atoms with Crippen molar-refractivity contribution in [2.75, 3.05) is 0 Å². The summed E-state index contributed by atoms with van der Waals surface area (Å²) in [7, 11) is 1.91. The Bertz CT molecular complexity index is 431. The van der Waals surface area contributed by atoms with Crippen molar-refractivity contribution in [3.8, 4) is 0 Å². The zero-order valence-corrected chi connectivity index (χ0v) is 11.3. The fourth-order valence-electron chi connectivity index (χ4n) is 2.93. The summed E-state index contributed by atoms with van der Waals surface area (Å²) in [5, 5.41) is 9.16. The molecule has 1 saturated carbocycles. The van der Waals surface area contributed by atoms with Crippen molar-refractivity contribution in [3.63, 3.8) is 0 Å². The monoisotopic (exact) mass is 250 g/mol. The van der Waals surface area contributed by atoms with Crippen LogP contribution in [0.4, 0.5) is 0 Å². The van der Waals surface area contributed by atoms with Crippen LogP contribution in [0.2, 0.25) is 0 Å². The van der Waals surface area contributed by atoms with Gasteiger partial charge >= 0.3 is 5.97 Å². The molecule has 1 aliphatic rings. The van der Waals surface area contributed by atoms with E-state index >= 15 is 0 Å². The van der Waals surface area contributed by atoms with Crippen molar-refractivity contribution in [2.45, 2.75) is 51.9 Å². The Morgan fingerprint density at radius 1 is 1.39 bits per heavy atom. The van der Waals surface area contributed by atoms with E-state index in [4.69, 9.17) is 5.11 Å². The minimum atomic E-state index is -0.905. The summed E-state index contributed by atoms with van der Waals surface area (Å²) >= 11 is 0. The summed E-state index contributed by atoms with van der Waals surface area (Å²) in [5.74, 6) is 0.652. The Hall–Kier alpha value is -1.32. The molecule has 0 saturated heterocycles. The van der Waals surface area contributed by atoms with Crippen LogP contribution in [-0.4, -0.2) is 20.6 Å². The Labute approximate surface area is 108 Å². The molecule has 0 spiro atoms. The smallest absolute Gasteiger partial charge is 0.356 e. The fourth-order valence-corrected chi connectivity index (χ4v) is 2.93. The van der Waals surface area contributed by atoms with Gasteiger partial charge in [0.25, 0.3) is 0 Å². The van der Waals surface area contributed by atoms with E-state index in [0.29, 0.717) is 0 Å². The second kappa shape index (κ2) is 5.55. The molecular weight excluding hydrogens is 228 g/mol. The van der Waals surface area contributed by atoms with Gasteiger partial charge in [-0.3, -0.25) is 0 Å². The van der Waals surface area contributed by atoms with E-state index in [0.717, 1.165) is 30.3 Å². The molecule has 1 fully saturated rings. The van der Waals surface area contributed by atoms with Gasteiger partial charge in [0.05, 0.1) is 5.69 Å². The molecule has 0 aromatic carbocycles. The summed E-state index contributed by atoms with van der Waals surface area (Å²) in [5.41, 5.74) is 1.12. The predicted octanol–water partition coefficient (Wildman–Crippen LogP) is 2.94. The molecule has 4 heteroatoms. The summed E-state index contributed by atoms with van der Waals surface area (Å²) in [4.78, 5) is 15.3. The standard InChI is InChI=1S/C14H22N2O2/c1-10-15-13(14(17)18)12(16(10)2)9-8-11-6-4-3-5-7-11/h11H,3-9H2,1-2H3,(H,17,18). The minimum absolute atomic E-state index is 0.241. The van der Waals surface area contributed by atoms with Crippen molar-refractivity contribution >= 4 is 5.97 Å². The van der Waals surface area contributed by atoms with E-state index in [2.05, 4.69) is 4.98 Å². The normalized spacial score (nSPS) is 17.0. The minimum Gasteiger partial charge on any atom is -0.476 e. The molecule has 0 radical (unpaired) electrons. The molecule has 100 valence electrons. The third-order valence-corrected chi connectivity index (χ3v) is 4.15. The maximum Gasteiger partial charge on any atom is 0.356 e. The maximum atomic E-state index is 11.2. The topological polar surface area (TPSA) is 55.1 Å². The lowest BCUT2D eigenvalue weighted by Crippen LogP contribution is -2.11. The number of aromatic nitrogens is 2. The number of hydrogen-bond acceptors (Lipinski definition) is 2. The third kappa shape index (κ3) is 2.74. The van der Waals surface area contributed by atoms with Gasteiger partial charge in [-0.15, -0.1) is 0 Å². The van der Waals surface area contributed by atoms with Crippen LogP contribution >= 0.6 is 0 Å². The second-order valence-electron chi connectivity index (χ2n) is 5.36. The van der Waals surface area contributed by atoms with E-state index in [1.165, 1.54) is 32.1 Å². The number of rotatable bonds is 4. The molecule has 1 aliphatic carbocycles. The Morgan fingerprint density at radius 3 is 2.67 bits per heavy atom. The number of hydrogen-bond donors (Lipinski definition) is 1. The molecule has 1 heterocycles. The summed E-state index contributed by atoms with van der Waals surface area (Å²) in [6.45, 7) is 1.86. The number of aryl methyl sites for hydroxylation is 1. The highest BCUT2D eigenvalue weighted by Crippen LogP contribution is 2.28. The molecular formula is C14H22N2O2. The van der Waals surface area contributed by atoms with Crippen molar-refractivity contribution in [1.82, 2.24) is 9.55 Å². The lowest BCUT2D eigenvalue weighted by atomic mass is 9.85. The van der Waals surface area contributed by atoms with Gasteiger partial charge in [0.15, 0.2) is 5.69 Å². The lowest BCUT2D eigenvalue weighted by Gasteiger charge is -2.21. The van der Waals surface area contributed by atoms with Crippen LogP contribution in [0.25, 0.3) is 0 Å². The molecule has 0 amide bonds. The lowest BCUT2D eigenvalue weighted by molar-refractivity contribution is 0.0689. The van der Waals surface area contributed by atoms with Crippen LogP contribution in [0.5, 0.6) is 0 Å². The molecule has 2 rings (SSSR count). The van der Waals surface area contributed by atoms with Gasteiger partial charge in [0, 0.05) is 7.05 Å². The Kier molecular flexibility index (Phi) is 4.04. The average Bonchev–Trinajstić information content (AvgIpc) is 2.65. The second-order valence-corrected chi connectivity index (χ2v) is 5.36. The van der Waals surface area contributed by atoms with E-state index < -0.39 is 5.97 Å². The number of nitrogens with zero attached hydrogens (tertiary/aromatic N) is 2. The molecule has 18 heavy (non-hydrogen) atoms. The molecule has 4 nitrogen and oxygen atoms in total.